The summed E-state index contributed by atoms with van der Waals surface area (Å²) in [5, 5.41) is 1.57. The number of benzene rings is 2. The molecule has 0 aliphatic carbocycles. The fraction of sp³-hybridized carbons (Fsp3) is 0.0476. The standard InChI is InChI=1S/C21H15N3O4S2/c1-28-16-9-5-2-6-12(16)10-17-20(27)24(21(29)30-17)23-19(26)14-11-18(25)22-15-8-4-3-7-13(14)15/h2-11H,1H3,(H,22,25)(H,23,26). The molecule has 0 saturated carbocycles. The molecule has 150 valence electrons. The fourth-order valence-electron chi connectivity index (χ4n) is 3.05. The molecule has 3 aromatic rings. The molecular formula is C21H15N3O4S2. The lowest BCUT2D eigenvalue weighted by atomic mass is 10.1. The van der Waals surface area contributed by atoms with Gasteiger partial charge in [0.15, 0.2) is 4.32 Å². The van der Waals surface area contributed by atoms with Crippen LogP contribution in [0, 0.1) is 0 Å². The summed E-state index contributed by atoms with van der Waals surface area (Å²) in [5.41, 5.74) is 3.49. The lowest BCUT2D eigenvalue weighted by Crippen LogP contribution is -2.45. The van der Waals surface area contributed by atoms with E-state index < -0.39 is 17.4 Å². The van der Waals surface area contributed by atoms with Gasteiger partial charge in [-0.15, -0.1) is 0 Å². The number of para-hydroxylation sites is 2. The number of pyridine rings is 1. The van der Waals surface area contributed by atoms with Gasteiger partial charge >= 0.3 is 0 Å². The molecule has 0 radical (unpaired) electrons. The zero-order valence-corrected chi connectivity index (χ0v) is 17.3. The number of thioether (sulfide) groups is 1. The van der Waals surface area contributed by atoms with Gasteiger partial charge < -0.3 is 9.72 Å². The Morgan fingerprint density at radius 2 is 1.90 bits per heavy atom. The third kappa shape index (κ3) is 3.72. The van der Waals surface area contributed by atoms with Crippen LogP contribution in [-0.4, -0.2) is 33.2 Å². The van der Waals surface area contributed by atoms with Crippen LogP contribution >= 0.6 is 24.0 Å². The van der Waals surface area contributed by atoms with Crippen molar-refractivity contribution in [2.75, 3.05) is 7.11 Å². The Bertz CT molecular complexity index is 1280. The highest BCUT2D eigenvalue weighted by molar-refractivity contribution is 8.26. The highest BCUT2D eigenvalue weighted by Crippen LogP contribution is 2.33. The second-order valence-electron chi connectivity index (χ2n) is 6.29. The maximum Gasteiger partial charge on any atom is 0.285 e. The van der Waals surface area contributed by atoms with E-state index in [-0.39, 0.29) is 9.88 Å². The number of ether oxygens (including phenoxy) is 1. The first kappa shape index (κ1) is 19.9. The van der Waals surface area contributed by atoms with Crippen LogP contribution in [0.4, 0.5) is 0 Å². The molecule has 1 saturated heterocycles. The van der Waals surface area contributed by atoms with E-state index in [1.165, 1.54) is 6.07 Å². The highest BCUT2D eigenvalue weighted by atomic mass is 32.2. The Hall–Kier alpha value is -3.43. The van der Waals surface area contributed by atoms with Crippen LogP contribution in [0.2, 0.25) is 0 Å². The largest absolute Gasteiger partial charge is 0.496 e. The number of aromatic amines is 1. The average molecular weight is 438 g/mol. The summed E-state index contributed by atoms with van der Waals surface area (Å²) in [4.78, 5) is 40.6. The van der Waals surface area contributed by atoms with Gasteiger partial charge in [-0.3, -0.25) is 19.8 Å². The van der Waals surface area contributed by atoms with Gasteiger partial charge in [-0.2, -0.15) is 5.01 Å². The Morgan fingerprint density at radius 3 is 2.70 bits per heavy atom. The summed E-state index contributed by atoms with van der Waals surface area (Å²) in [7, 11) is 1.55. The molecule has 0 bridgehead atoms. The van der Waals surface area contributed by atoms with Gasteiger partial charge in [-0.25, -0.2) is 0 Å². The van der Waals surface area contributed by atoms with Crippen LogP contribution in [0.1, 0.15) is 15.9 Å². The van der Waals surface area contributed by atoms with Gasteiger partial charge in [-0.1, -0.05) is 48.2 Å². The number of thiocarbonyl (C=S) groups is 1. The number of carbonyl (C=O) groups excluding carboxylic acids is 2. The lowest BCUT2D eigenvalue weighted by molar-refractivity contribution is -0.123. The number of nitrogens with one attached hydrogen (secondary N) is 2. The minimum Gasteiger partial charge on any atom is -0.496 e. The Labute approximate surface area is 180 Å². The lowest BCUT2D eigenvalue weighted by Gasteiger charge is -2.16. The molecule has 7 nitrogen and oxygen atoms in total. The van der Waals surface area contributed by atoms with Crippen LogP contribution in [0.5, 0.6) is 5.75 Å². The van der Waals surface area contributed by atoms with Gasteiger partial charge in [0.1, 0.15) is 5.75 Å². The molecule has 1 aromatic heterocycles. The van der Waals surface area contributed by atoms with Gasteiger partial charge in [0.05, 0.1) is 17.6 Å². The fourth-order valence-corrected chi connectivity index (χ4v) is 4.22. The molecule has 2 amide bonds. The molecule has 1 fully saturated rings. The van der Waals surface area contributed by atoms with Crippen molar-refractivity contribution < 1.29 is 14.3 Å². The summed E-state index contributed by atoms with van der Waals surface area (Å²) >= 11 is 6.35. The summed E-state index contributed by atoms with van der Waals surface area (Å²) in [6, 6.07) is 15.4. The van der Waals surface area contributed by atoms with E-state index in [0.717, 1.165) is 16.8 Å². The number of fused-ring (bicyclic) bond motifs is 1. The van der Waals surface area contributed by atoms with E-state index in [1.807, 2.05) is 18.2 Å². The molecule has 9 heteroatoms. The summed E-state index contributed by atoms with van der Waals surface area (Å²) in [6.45, 7) is 0. The number of H-pyrrole nitrogens is 1. The molecule has 0 unspecified atom stereocenters. The normalized spacial score (nSPS) is 15.1. The van der Waals surface area contributed by atoms with Gasteiger partial charge in [0.2, 0.25) is 5.56 Å². The maximum absolute atomic E-state index is 12.9. The topological polar surface area (TPSA) is 91.5 Å². The Kier molecular flexibility index (Phi) is 5.39. The molecule has 2 N–H and O–H groups in total. The van der Waals surface area contributed by atoms with E-state index in [0.29, 0.717) is 27.1 Å². The Balaban J connectivity index is 1.62. The second-order valence-corrected chi connectivity index (χ2v) is 7.97. The minimum absolute atomic E-state index is 0.150. The van der Waals surface area contributed by atoms with Crippen LogP contribution in [0.25, 0.3) is 17.0 Å². The average Bonchev–Trinajstić information content (AvgIpc) is 3.00. The number of methoxy groups -OCH3 is 1. The van der Waals surface area contributed by atoms with Gasteiger partial charge in [0, 0.05) is 22.5 Å². The predicted molar refractivity (Wildman–Crippen MR) is 120 cm³/mol. The van der Waals surface area contributed by atoms with Crippen LogP contribution in [0.3, 0.4) is 0 Å². The SMILES string of the molecule is COc1ccccc1C=C1SC(=S)N(NC(=O)c2cc(=O)[nH]c3ccccc23)C1=O. The van der Waals surface area contributed by atoms with E-state index in [1.54, 1.807) is 43.5 Å². The van der Waals surface area contributed by atoms with Crippen molar-refractivity contribution in [1.82, 2.24) is 15.4 Å². The van der Waals surface area contributed by atoms with E-state index in [9.17, 15) is 14.4 Å². The maximum atomic E-state index is 12.9. The van der Waals surface area contributed by atoms with Crippen molar-refractivity contribution in [3.8, 4) is 5.75 Å². The first-order valence-electron chi connectivity index (χ1n) is 8.82. The molecule has 2 aromatic carbocycles. The van der Waals surface area contributed by atoms with Gasteiger partial charge in [-0.05, 0) is 30.4 Å². The van der Waals surface area contributed by atoms with E-state index >= 15 is 0 Å². The molecule has 0 spiro atoms. The number of amides is 2. The molecule has 1 aliphatic rings. The van der Waals surface area contributed by atoms with E-state index in [2.05, 4.69) is 10.4 Å². The zero-order chi connectivity index (χ0) is 21.3. The summed E-state index contributed by atoms with van der Waals surface area (Å²) < 4.78 is 5.49. The van der Waals surface area contributed by atoms with Crippen molar-refractivity contribution >= 4 is 57.1 Å². The van der Waals surface area contributed by atoms with Crippen molar-refractivity contribution in [3.63, 3.8) is 0 Å². The Morgan fingerprint density at radius 1 is 1.17 bits per heavy atom. The van der Waals surface area contributed by atoms with Crippen LogP contribution in [0.15, 0.2) is 64.3 Å². The minimum atomic E-state index is -0.604. The number of hydrazine groups is 1. The third-order valence-electron chi connectivity index (χ3n) is 4.43. The van der Waals surface area contributed by atoms with Crippen molar-refractivity contribution in [2.24, 2.45) is 0 Å². The molecule has 1 aliphatic heterocycles. The predicted octanol–water partition coefficient (Wildman–Crippen LogP) is 3.08. The van der Waals surface area contributed by atoms with Crippen molar-refractivity contribution in [2.45, 2.75) is 0 Å². The molecule has 30 heavy (non-hydrogen) atoms. The molecule has 0 atom stereocenters. The third-order valence-corrected chi connectivity index (χ3v) is 5.73. The van der Waals surface area contributed by atoms with Crippen LogP contribution in [-0.2, 0) is 4.79 Å². The van der Waals surface area contributed by atoms with Gasteiger partial charge in [0.25, 0.3) is 11.8 Å². The number of rotatable bonds is 4. The summed E-state index contributed by atoms with van der Waals surface area (Å²) in [5.74, 6) is -0.452. The molecular weight excluding hydrogens is 422 g/mol. The van der Waals surface area contributed by atoms with Crippen molar-refractivity contribution in [1.29, 1.82) is 0 Å². The number of nitrogens with zero attached hydrogens (tertiary/aromatic N) is 1. The van der Waals surface area contributed by atoms with E-state index in [4.69, 9.17) is 17.0 Å². The second kappa shape index (κ2) is 8.13. The summed E-state index contributed by atoms with van der Waals surface area (Å²) in [6.07, 6.45) is 1.66. The smallest absolute Gasteiger partial charge is 0.285 e. The number of carbonyl (C=O) groups is 2. The van der Waals surface area contributed by atoms with Crippen molar-refractivity contribution in [3.05, 3.63) is 81.0 Å². The number of hydrogen-bond donors (Lipinski definition) is 2. The van der Waals surface area contributed by atoms with Crippen LogP contribution < -0.4 is 15.7 Å². The molecule has 4 rings (SSSR count). The quantitative estimate of drug-likeness (QED) is 0.482. The highest BCUT2D eigenvalue weighted by Gasteiger charge is 2.34. The zero-order valence-electron chi connectivity index (χ0n) is 15.7. The monoisotopic (exact) mass is 437 g/mol. The molecule has 2 heterocycles. The number of hydrogen-bond acceptors (Lipinski definition) is 6. The first-order chi connectivity index (χ1) is 14.5. The first-order valence-corrected chi connectivity index (χ1v) is 10.0. The number of aromatic nitrogens is 1.